The Morgan fingerprint density at radius 2 is 1.72 bits per heavy atom. The number of carbonyl (C=O) groups is 2. The molecule has 0 aromatic carbocycles. The summed E-state index contributed by atoms with van der Waals surface area (Å²) in [6, 6.07) is 0.130. The molecule has 4 N–H and O–H groups in total. The summed E-state index contributed by atoms with van der Waals surface area (Å²) in [4.78, 5) is 31.6. The predicted octanol–water partition coefficient (Wildman–Crippen LogP) is -0.636. The molecule has 1 aromatic heterocycles. The standard InChI is InChI=1S/C16H25N5O9S2/c1-29-12-7-13(30-2)19-15(18-12)20-16(24)21-32(27,28)11-6-9(8-17-31(3,25)26)4-5-10(11)14(22)23/h7,9-11,17H,4-6,8H2,1-3H3,(H,22,23)(H2,18,19,20,21,24). The highest BCUT2D eigenvalue weighted by Gasteiger charge is 2.43. The lowest BCUT2D eigenvalue weighted by Gasteiger charge is -2.33. The van der Waals surface area contributed by atoms with Crippen molar-refractivity contribution in [3.05, 3.63) is 6.07 Å². The van der Waals surface area contributed by atoms with Crippen LogP contribution in [-0.2, 0) is 24.8 Å². The van der Waals surface area contributed by atoms with Gasteiger partial charge < -0.3 is 14.6 Å². The van der Waals surface area contributed by atoms with Gasteiger partial charge in [0, 0.05) is 6.54 Å². The quantitative estimate of drug-likeness (QED) is 0.339. The van der Waals surface area contributed by atoms with E-state index in [0.717, 1.165) is 6.26 Å². The van der Waals surface area contributed by atoms with Crippen LogP contribution in [0.3, 0.4) is 0 Å². The van der Waals surface area contributed by atoms with E-state index in [4.69, 9.17) is 9.47 Å². The zero-order valence-electron chi connectivity index (χ0n) is 17.6. The fourth-order valence-electron chi connectivity index (χ4n) is 3.29. The molecule has 1 saturated carbocycles. The number of urea groups is 1. The van der Waals surface area contributed by atoms with Gasteiger partial charge in [0.05, 0.1) is 37.7 Å². The molecule has 3 unspecified atom stereocenters. The van der Waals surface area contributed by atoms with Gasteiger partial charge in [0.2, 0.25) is 37.8 Å². The minimum atomic E-state index is -4.45. The Labute approximate surface area is 185 Å². The topological polar surface area (TPSA) is 203 Å². The molecule has 1 fully saturated rings. The van der Waals surface area contributed by atoms with Gasteiger partial charge in [-0.05, 0) is 25.2 Å². The molecule has 14 nitrogen and oxygen atoms in total. The van der Waals surface area contributed by atoms with Crippen LogP contribution in [-0.4, -0.2) is 76.2 Å². The van der Waals surface area contributed by atoms with E-state index in [1.165, 1.54) is 20.3 Å². The second-order valence-corrected chi connectivity index (χ2v) is 10.9. The number of carboxylic acid groups (broad SMARTS) is 1. The van der Waals surface area contributed by atoms with Gasteiger partial charge in [-0.2, -0.15) is 9.97 Å². The molecule has 0 radical (unpaired) electrons. The molecule has 1 aliphatic carbocycles. The second kappa shape index (κ2) is 10.3. The van der Waals surface area contributed by atoms with Crippen LogP contribution in [0.5, 0.6) is 11.8 Å². The number of hydrogen-bond donors (Lipinski definition) is 4. The van der Waals surface area contributed by atoms with E-state index in [9.17, 15) is 31.5 Å². The normalized spacial score (nSPS) is 21.4. The number of rotatable bonds is 9. The fraction of sp³-hybridized carbons (Fsp3) is 0.625. The Kier molecular flexibility index (Phi) is 8.19. The summed E-state index contributed by atoms with van der Waals surface area (Å²) < 4.78 is 62.3. The van der Waals surface area contributed by atoms with E-state index >= 15 is 0 Å². The van der Waals surface area contributed by atoms with E-state index < -0.39 is 49.1 Å². The third-order valence-corrected chi connectivity index (χ3v) is 7.29. The largest absolute Gasteiger partial charge is 0.481 e. The maximum atomic E-state index is 12.8. The fourth-order valence-corrected chi connectivity index (χ4v) is 5.50. The van der Waals surface area contributed by atoms with Crippen molar-refractivity contribution < 1.29 is 41.0 Å². The Morgan fingerprint density at radius 3 is 2.22 bits per heavy atom. The van der Waals surface area contributed by atoms with Crippen LogP contribution in [0.25, 0.3) is 0 Å². The molecule has 16 heteroatoms. The zero-order chi connectivity index (χ0) is 24.1. The lowest BCUT2D eigenvalue weighted by Crippen LogP contribution is -2.49. The van der Waals surface area contributed by atoms with E-state index in [1.807, 2.05) is 0 Å². The maximum absolute atomic E-state index is 12.8. The van der Waals surface area contributed by atoms with Crippen LogP contribution >= 0.6 is 0 Å². The number of nitrogens with one attached hydrogen (secondary N) is 3. The average Bonchev–Trinajstić information content (AvgIpc) is 2.70. The molecule has 0 aliphatic heterocycles. The molecule has 3 atom stereocenters. The van der Waals surface area contributed by atoms with Gasteiger partial charge in [-0.3, -0.25) is 10.1 Å². The first kappa shape index (κ1) is 25.5. The van der Waals surface area contributed by atoms with Crippen LogP contribution in [0.4, 0.5) is 10.7 Å². The number of aliphatic carboxylic acids is 1. The lowest BCUT2D eigenvalue weighted by molar-refractivity contribution is -0.142. The minimum absolute atomic E-state index is 0.00876. The van der Waals surface area contributed by atoms with Gasteiger partial charge in [0.1, 0.15) is 0 Å². The summed E-state index contributed by atoms with van der Waals surface area (Å²) in [5.74, 6) is -3.21. The number of anilines is 1. The first-order valence-electron chi connectivity index (χ1n) is 9.31. The van der Waals surface area contributed by atoms with Crippen LogP contribution < -0.4 is 24.2 Å². The molecule has 180 valence electrons. The van der Waals surface area contributed by atoms with E-state index in [2.05, 4.69) is 20.0 Å². The molecule has 1 heterocycles. The van der Waals surface area contributed by atoms with Crippen molar-refractivity contribution in [3.8, 4) is 11.8 Å². The lowest BCUT2D eigenvalue weighted by atomic mass is 9.81. The molecule has 0 bridgehead atoms. The highest BCUT2D eigenvalue weighted by Crippen LogP contribution is 2.33. The first-order valence-corrected chi connectivity index (χ1v) is 12.8. The molecule has 0 saturated heterocycles. The third-order valence-electron chi connectivity index (χ3n) is 4.81. The number of carboxylic acids is 1. The Morgan fingerprint density at radius 1 is 1.12 bits per heavy atom. The van der Waals surface area contributed by atoms with E-state index in [0.29, 0.717) is 6.42 Å². The number of hydrogen-bond acceptors (Lipinski definition) is 10. The molecular formula is C16H25N5O9S2. The van der Waals surface area contributed by atoms with E-state index in [1.54, 1.807) is 4.72 Å². The summed E-state index contributed by atoms with van der Waals surface area (Å²) in [6.45, 7) is -0.0408. The number of ether oxygens (including phenoxy) is 2. The molecule has 2 rings (SSSR count). The number of sulfonamides is 2. The smallest absolute Gasteiger partial charge is 0.335 e. The number of amides is 2. The monoisotopic (exact) mass is 495 g/mol. The predicted molar refractivity (Wildman–Crippen MR) is 111 cm³/mol. The minimum Gasteiger partial charge on any atom is -0.481 e. The van der Waals surface area contributed by atoms with Crippen LogP contribution in [0.1, 0.15) is 19.3 Å². The molecule has 2 amide bonds. The van der Waals surface area contributed by atoms with Crippen molar-refractivity contribution in [3.63, 3.8) is 0 Å². The summed E-state index contributed by atoms with van der Waals surface area (Å²) in [7, 11) is -5.32. The third kappa shape index (κ3) is 7.16. The van der Waals surface area contributed by atoms with Gasteiger partial charge >= 0.3 is 12.0 Å². The van der Waals surface area contributed by atoms with E-state index in [-0.39, 0.29) is 37.1 Å². The Hall–Kier alpha value is -2.72. The highest BCUT2D eigenvalue weighted by atomic mass is 32.2. The summed E-state index contributed by atoms with van der Waals surface area (Å²) in [5, 5.41) is 10.1. The Balaban J connectivity index is 2.15. The van der Waals surface area contributed by atoms with Crippen molar-refractivity contribution in [2.45, 2.75) is 24.5 Å². The summed E-state index contributed by atoms with van der Waals surface area (Å²) >= 11 is 0. The SMILES string of the molecule is COc1cc(OC)nc(NC(=O)NS(=O)(=O)C2CC(CNS(C)(=O)=O)CCC2C(=O)O)n1. The van der Waals surface area contributed by atoms with Crippen molar-refractivity contribution >= 4 is 38.0 Å². The van der Waals surface area contributed by atoms with Crippen LogP contribution in [0, 0.1) is 11.8 Å². The van der Waals surface area contributed by atoms with Gasteiger partial charge in [-0.25, -0.2) is 31.1 Å². The number of carbonyl (C=O) groups excluding carboxylic acids is 1. The maximum Gasteiger partial charge on any atom is 0.335 e. The molecule has 1 aromatic rings. The average molecular weight is 496 g/mol. The van der Waals surface area contributed by atoms with Crippen LogP contribution in [0.15, 0.2) is 6.07 Å². The summed E-state index contributed by atoms with van der Waals surface area (Å²) in [5.41, 5.74) is 0. The molecular weight excluding hydrogens is 470 g/mol. The van der Waals surface area contributed by atoms with Gasteiger partial charge in [0.15, 0.2) is 0 Å². The number of aromatic nitrogens is 2. The molecule has 1 aliphatic rings. The van der Waals surface area contributed by atoms with Gasteiger partial charge in [-0.15, -0.1) is 0 Å². The van der Waals surface area contributed by atoms with Gasteiger partial charge in [-0.1, -0.05) is 0 Å². The molecule has 32 heavy (non-hydrogen) atoms. The zero-order valence-corrected chi connectivity index (χ0v) is 19.2. The number of methoxy groups -OCH3 is 2. The van der Waals surface area contributed by atoms with Crippen molar-refractivity contribution in [2.75, 3.05) is 32.3 Å². The Bertz CT molecular complexity index is 1040. The molecule has 0 spiro atoms. The van der Waals surface area contributed by atoms with Gasteiger partial charge in [0.25, 0.3) is 0 Å². The first-order chi connectivity index (χ1) is 14.8. The van der Waals surface area contributed by atoms with Crippen molar-refractivity contribution in [2.24, 2.45) is 11.8 Å². The van der Waals surface area contributed by atoms with Crippen molar-refractivity contribution in [1.29, 1.82) is 0 Å². The summed E-state index contributed by atoms with van der Waals surface area (Å²) in [6.07, 6.45) is 1.14. The second-order valence-electron chi connectivity index (χ2n) is 7.16. The highest BCUT2D eigenvalue weighted by molar-refractivity contribution is 7.90. The number of nitrogens with zero attached hydrogens (tertiary/aromatic N) is 2. The van der Waals surface area contributed by atoms with Crippen LogP contribution in [0.2, 0.25) is 0 Å². The van der Waals surface area contributed by atoms with Crippen molar-refractivity contribution in [1.82, 2.24) is 19.4 Å².